The molecule has 1 aliphatic carbocycles. The van der Waals surface area contributed by atoms with Crippen LogP contribution in [0.1, 0.15) is 69.6 Å². The number of ether oxygens (including phenoxy) is 3. The van der Waals surface area contributed by atoms with Crippen LogP contribution in [0.15, 0.2) is 164 Å². The summed E-state index contributed by atoms with van der Waals surface area (Å²) in [7, 11) is 0. The standard InChI is InChI=1S/C53H52O3/c1-36(2)33-49(53(3,4)5)41-28-27-40-35-42(30-29-39(40)34-41)56-52(50-47-23-14-12-21-45(47)46-22-13-15-24-48(46)50)55-32-31-54-51-43(37-17-8-6-9-18-37)25-16-26-44(51)38-19-10-7-11-20-38/h6-30,34-36,49-50,52H,31-33H2,1-5H3. The first-order valence-electron chi connectivity index (χ1n) is 20.1. The molecule has 282 valence electrons. The van der Waals surface area contributed by atoms with Crippen molar-refractivity contribution in [2.45, 2.75) is 59.2 Å². The fraction of sp³-hybridized carbons (Fsp3) is 0.245. The van der Waals surface area contributed by atoms with E-state index in [9.17, 15) is 0 Å². The molecule has 8 rings (SSSR count). The molecule has 3 heteroatoms. The van der Waals surface area contributed by atoms with Gasteiger partial charge in [0.2, 0.25) is 6.29 Å². The maximum atomic E-state index is 6.97. The topological polar surface area (TPSA) is 27.7 Å². The molecule has 7 aromatic carbocycles. The van der Waals surface area contributed by atoms with Crippen LogP contribution in [-0.2, 0) is 4.74 Å². The minimum absolute atomic E-state index is 0.111. The minimum atomic E-state index is -0.589. The molecule has 0 fully saturated rings. The molecule has 7 aromatic rings. The number of hydrogen-bond acceptors (Lipinski definition) is 3. The smallest absolute Gasteiger partial charge is 0.211 e. The monoisotopic (exact) mass is 736 g/mol. The van der Waals surface area contributed by atoms with E-state index in [4.69, 9.17) is 14.2 Å². The highest BCUT2D eigenvalue weighted by Crippen LogP contribution is 2.48. The lowest BCUT2D eigenvalue weighted by Gasteiger charge is -2.33. The van der Waals surface area contributed by atoms with Crippen molar-refractivity contribution in [3.8, 4) is 44.9 Å². The first-order chi connectivity index (χ1) is 27.2. The summed E-state index contributed by atoms with van der Waals surface area (Å²) >= 11 is 0. The fourth-order valence-corrected chi connectivity index (χ4v) is 8.50. The van der Waals surface area contributed by atoms with Gasteiger partial charge in [-0.1, -0.05) is 186 Å². The molecule has 0 bridgehead atoms. The van der Waals surface area contributed by atoms with Gasteiger partial charge in [-0.25, -0.2) is 0 Å². The average Bonchev–Trinajstić information content (AvgIpc) is 3.55. The first-order valence-corrected chi connectivity index (χ1v) is 20.1. The predicted octanol–water partition coefficient (Wildman–Crippen LogP) is 14.0. The van der Waals surface area contributed by atoms with Gasteiger partial charge in [0.15, 0.2) is 0 Å². The second-order valence-corrected chi connectivity index (χ2v) is 16.6. The van der Waals surface area contributed by atoms with Crippen LogP contribution < -0.4 is 9.47 Å². The van der Waals surface area contributed by atoms with Crippen molar-refractivity contribution in [1.29, 1.82) is 0 Å². The average molecular weight is 737 g/mol. The van der Waals surface area contributed by atoms with Crippen molar-refractivity contribution in [2.75, 3.05) is 13.2 Å². The highest BCUT2D eigenvalue weighted by atomic mass is 16.7. The molecule has 0 N–H and O–H groups in total. The van der Waals surface area contributed by atoms with Crippen molar-refractivity contribution in [1.82, 2.24) is 0 Å². The fourth-order valence-electron chi connectivity index (χ4n) is 8.50. The Labute approximate surface area is 332 Å². The zero-order valence-corrected chi connectivity index (χ0v) is 33.2. The van der Waals surface area contributed by atoms with Gasteiger partial charge in [-0.15, -0.1) is 0 Å². The third-order valence-electron chi connectivity index (χ3n) is 11.2. The van der Waals surface area contributed by atoms with Crippen LogP contribution in [0.3, 0.4) is 0 Å². The number of para-hydroxylation sites is 1. The molecule has 0 spiro atoms. The van der Waals surface area contributed by atoms with Crippen LogP contribution in [0.5, 0.6) is 11.5 Å². The Morgan fingerprint density at radius 1 is 0.536 bits per heavy atom. The van der Waals surface area contributed by atoms with Crippen molar-refractivity contribution >= 4 is 10.8 Å². The van der Waals surface area contributed by atoms with E-state index in [0.29, 0.717) is 25.0 Å². The largest absolute Gasteiger partial charge is 0.490 e. The summed E-state index contributed by atoms with van der Waals surface area (Å²) < 4.78 is 20.5. The molecule has 0 amide bonds. The Kier molecular flexibility index (Phi) is 10.8. The summed E-state index contributed by atoms with van der Waals surface area (Å²) in [5.74, 6) is 2.63. The lowest BCUT2D eigenvalue weighted by atomic mass is 9.72. The molecular formula is C53H52O3. The van der Waals surface area contributed by atoms with E-state index < -0.39 is 6.29 Å². The van der Waals surface area contributed by atoms with Crippen LogP contribution in [0.4, 0.5) is 0 Å². The van der Waals surface area contributed by atoms with Gasteiger partial charge >= 0.3 is 0 Å². The van der Waals surface area contributed by atoms with Gasteiger partial charge < -0.3 is 14.2 Å². The van der Waals surface area contributed by atoms with Crippen molar-refractivity contribution in [3.05, 3.63) is 180 Å². The third kappa shape index (κ3) is 7.88. The van der Waals surface area contributed by atoms with E-state index in [0.717, 1.165) is 45.6 Å². The summed E-state index contributed by atoms with van der Waals surface area (Å²) in [4.78, 5) is 0. The summed E-state index contributed by atoms with van der Waals surface area (Å²) in [6.45, 7) is 12.4. The Balaban J connectivity index is 1.10. The zero-order chi connectivity index (χ0) is 38.6. The van der Waals surface area contributed by atoms with Crippen molar-refractivity contribution < 1.29 is 14.2 Å². The predicted molar refractivity (Wildman–Crippen MR) is 232 cm³/mol. The van der Waals surface area contributed by atoms with Gasteiger partial charge in [0.25, 0.3) is 0 Å². The third-order valence-corrected chi connectivity index (χ3v) is 11.2. The van der Waals surface area contributed by atoms with Gasteiger partial charge in [-0.2, -0.15) is 0 Å². The van der Waals surface area contributed by atoms with Crippen LogP contribution in [0, 0.1) is 11.3 Å². The molecule has 0 saturated carbocycles. The highest BCUT2D eigenvalue weighted by molar-refractivity contribution is 5.85. The van der Waals surface area contributed by atoms with Gasteiger partial charge in [0.05, 0.1) is 12.5 Å². The van der Waals surface area contributed by atoms with E-state index in [1.54, 1.807) is 0 Å². The SMILES string of the molecule is CC(C)CC(c1ccc2cc(OC(OCCOc3c(-c4ccccc4)cccc3-c3ccccc3)C3c4ccccc4-c4ccccc43)ccc2c1)C(C)(C)C. The van der Waals surface area contributed by atoms with E-state index in [-0.39, 0.29) is 11.3 Å². The molecule has 0 saturated heterocycles. The Morgan fingerprint density at radius 2 is 1.07 bits per heavy atom. The van der Waals surface area contributed by atoms with Gasteiger partial charge in [0.1, 0.15) is 18.1 Å². The molecule has 0 aliphatic heterocycles. The quantitative estimate of drug-likeness (QED) is 0.0871. The molecule has 56 heavy (non-hydrogen) atoms. The van der Waals surface area contributed by atoms with Crippen LogP contribution in [0.25, 0.3) is 44.2 Å². The molecular weight excluding hydrogens is 685 g/mol. The summed E-state index contributed by atoms with van der Waals surface area (Å²) in [6, 6.07) is 57.9. The van der Waals surface area contributed by atoms with Crippen LogP contribution in [0.2, 0.25) is 0 Å². The zero-order valence-electron chi connectivity index (χ0n) is 33.2. The van der Waals surface area contributed by atoms with E-state index in [2.05, 4.69) is 186 Å². The maximum Gasteiger partial charge on any atom is 0.211 e. The molecule has 3 nitrogen and oxygen atoms in total. The van der Waals surface area contributed by atoms with Crippen molar-refractivity contribution in [3.63, 3.8) is 0 Å². The molecule has 1 aliphatic rings. The maximum absolute atomic E-state index is 6.97. The van der Waals surface area contributed by atoms with Gasteiger partial charge in [-0.05, 0) is 85.5 Å². The van der Waals surface area contributed by atoms with E-state index >= 15 is 0 Å². The second-order valence-electron chi connectivity index (χ2n) is 16.6. The number of hydrogen-bond donors (Lipinski definition) is 0. The molecule has 2 unspecified atom stereocenters. The summed E-state index contributed by atoms with van der Waals surface area (Å²) in [6.07, 6.45) is 0.573. The summed E-state index contributed by atoms with van der Waals surface area (Å²) in [5, 5.41) is 2.38. The van der Waals surface area contributed by atoms with Crippen LogP contribution in [-0.4, -0.2) is 19.5 Å². The molecule has 0 heterocycles. The Hall–Kier alpha value is -5.64. The Bertz CT molecular complexity index is 2300. The van der Waals surface area contributed by atoms with Crippen molar-refractivity contribution in [2.24, 2.45) is 11.3 Å². The normalized spacial score (nSPS) is 13.7. The highest BCUT2D eigenvalue weighted by Gasteiger charge is 2.36. The van der Waals surface area contributed by atoms with Crippen LogP contribution >= 0.6 is 0 Å². The second kappa shape index (κ2) is 16.2. The summed E-state index contributed by atoms with van der Waals surface area (Å²) in [5.41, 5.74) is 10.8. The van der Waals surface area contributed by atoms with E-state index in [1.165, 1.54) is 33.2 Å². The lowest BCUT2D eigenvalue weighted by Crippen LogP contribution is -2.30. The lowest BCUT2D eigenvalue weighted by molar-refractivity contribution is -0.0948. The minimum Gasteiger partial charge on any atom is -0.490 e. The molecule has 0 radical (unpaired) electrons. The van der Waals surface area contributed by atoms with E-state index in [1.807, 2.05) is 12.1 Å². The first kappa shape index (κ1) is 37.3. The number of fused-ring (bicyclic) bond motifs is 4. The number of benzene rings is 7. The van der Waals surface area contributed by atoms with Gasteiger partial charge in [-0.3, -0.25) is 0 Å². The molecule has 0 aromatic heterocycles. The Morgan fingerprint density at radius 3 is 1.66 bits per heavy atom. The van der Waals surface area contributed by atoms with Gasteiger partial charge in [0, 0.05) is 11.1 Å². The molecule has 2 atom stereocenters. The number of rotatable bonds is 13.